The Kier molecular flexibility index (Phi) is 3.47. The number of pyridine rings is 2. The second kappa shape index (κ2) is 5.99. The summed E-state index contributed by atoms with van der Waals surface area (Å²) >= 11 is 0. The highest BCUT2D eigenvalue weighted by atomic mass is 19.1. The molecule has 0 aliphatic rings. The van der Waals surface area contributed by atoms with Gasteiger partial charge in [-0.25, -0.2) is 13.8 Å². The Bertz CT molecular complexity index is 1310. The van der Waals surface area contributed by atoms with E-state index in [9.17, 15) is 4.39 Å². The Balaban J connectivity index is 1.92. The molecule has 0 N–H and O–H groups in total. The van der Waals surface area contributed by atoms with E-state index in [-0.39, 0.29) is 11.3 Å². The standard InChI is InChI=1S/C22H13F2N3/c23-17-7-3-1-5-15(17)21-20(24)22(16-6-2-4-8-18(16)26-21)27-12-10-14-13-25-11-9-19(14)27/h1-13H. The van der Waals surface area contributed by atoms with Gasteiger partial charge in [-0.15, -0.1) is 0 Å². The SMILES string of the molecule is Fc1ccccc1-c1nc2ccccc2c(-n2ccc3cnccc32)c1F. The Morgan fingerprint density at radius 3 is 2.56 bits per heavy atom. The molecule has 3 nitrogen and oxygen atoms in total. The highest BCUT2D eigenvalue weighted by Gasteiger charge is 2.20. The minimum atomic E-state index is -0.562. The molecule has 0 fully saturated rings. The Morgan fingerprint density at radius 2 is 1.67 bits per heavy atom. The van der Waals surface area contributed by atoms with Gasteiger partial charge in [-0.1, -0.05) is 30.3 Å². The van der Waals surface area contributed by atoms with Gasteiger partial charge in [-0.3, -0.25) is 4.98 Å². The molecule has 2 aromatic carbocycles. The summed E-state index contributed by atoms with van der Waals surface area (Å²) in [5, 5.41) is 1.55. The van der Waals surface area contributed by atoms with E-state index in [1.54, 1.807) is 41.4 Å². The van der Waals surface area contributed by atoms with Crippen molar-refractivity contribution in [1.29, 1.82) is 0 Å². The van der Waals surface area contributed by atoms with Gasteiger partial charge in [0.15, 0.2) is 5.82 Å². The number of para-hydroxylation sites is 1. The highest BCUT2D eigenvalue weighted by molar-refractivity contribution is 5.93. The molecule has 0 aliphatic heterocycles. The van der Waals surface area contributed by atoms with Gasteiger partial charge in [-0.05, 0) is 30.3 Å². The topological polar surface area (TPSA) is 30.7 Å². The van der Waals surface area contributed by atoms with Gasteiger partial charge in [0.25, 0.3) is 0 Å². The normalized spacial score (nSPS) is 11.3. The third-order valence-electron chi connectivity index (χ3n) is 4.67. The van der Waals surface area contributed by atoms with E-state index in [0.717, 1.165) is 10.9 Å². The maximum Gasteiger partial charge on any atom is 0.174 e. The number of nitrogens with zero attached hydrogens (tertiary/aromatic N) is 3. The van der Waals surface area contributed by atoms with Gasteiger partial charge in [0, 0.05) is 34.9 Å². The molecule has 27 heavy (non-hydrogen) atoms. The molecule has 130 valence electrons. The lowest BCUT2D eigenvalue weighted by molar-refractivity contribution is 0.609. The van der Waals surface area contributed by atoms with Gasteiger partial charge in [0.2, 0.25) is 0 Å². The number of aromatic nitrogens is 3. The van der Waals surface area contributed by atoms with Crippen molar-refractivity contribution in [3.8, 4) is 16.9 Å². The zero-order valence-corrected chi connectivity index (χ0v) is 14.1. The molecule has 0 amide bonds. The molecule has 0 aliphatic carbocycles. The summed E-state index contributed by atoms with van der Waals surface area (Å²) in [6.07, 6.45) is 5.19. The first-order chi connectivity index (χ1) is 13.2. The lowest BCUT2D eigenvalue weighted by Crippen LogP contribution is -2.03. The van der Waals surface area contributed by atoms with Crippen LogP contribution in [0.4, 0.5) is 8.78 Å². The van der Waals surface area contributed by atoms with Crippen molar-refractivity contribution in [1.82, 2.24) is 14.5 Å². The number of fused-ring (bicyclic) bond motifs is 2. The second-order valence-electron chi connectivity index (χ2n) is 6.24. The van der Waals surface area contributed by atoms with E-state index in [4.69, 9.17) is 0 Å². The summed E-state index contributed by atoms with van der Waals surface area (Å²) in [6, 6.07) is 17.1. The van der Waals surface area contributed by atoms with E-state index in [0.29, 0.717) is 16.6 Å². The summed E-state index contributed by atoms with van der Waals surface area (Å²) in [5.41, 5.74) is 1.90. The summed E-state index contributed by atoms with van der Waals surface area (Å²) in [6.45, 7) is 0. The molecule has 3 aromatic heterocycles. The van der Waals surface area contributed by atoms with E-state index in [1.807, 2.05) is 30.3 Å². The van der Waals surface area contributed by atoms with Crippen LogP contribution in [-0.2, 0) is 0 Å². The first kappa shape index (κ1) is 15.6. The Hall–Kier alpha value is -3.60. The molecular weight excluding hydrogens is 344 g/mol. The minimum absolute atomic E-state index is 0.00212. The van der Waals surface area contributed by atoms with Crippen molar-refractivity contribution in [3.05, 3.63) is 90.9 Å². The highest BCUT2D eigenvalue weighted by Crippen LogP contribution is 2.34. The monoisotopic (exact) mass is 357 g/mol. The molecule has 5 rings (SSSR count). The van der Waals surface area contributed by atoms with Crippen LogP contribution in [-0.4, -0.2) is 14.5 Å². The van der Waals surface area contributed by atoms with E-state index in [2.05, 4.69) is 9.97 Å². The Morgan fingerprint density at radius 1 is 0.852 bits per heavy atom. The molecule has 0 radical (unpaired) electrons. The molecule has 3 heterocycles. The average molecular weight is 357 g/mol. The van der Waals surface area contributed by atoms with Gasteiger partial charge in [0.05, 0.1) is 16.7 Å². The molecule has 0 atom stereocenters. The van der Waals surface area contributed by atoms with E-state index < -0.39 is 11.6 Å². The molecule has 0 bridgehead atoms. The molecule has 5 aromatic rings. The number of hydrogen-bond acceptors (Lipinski definition) is 2. The summed E-state index contributed by atoms with van der Waals surface area (Å²) in [4.78, 5) is 8.53. The molecule has 0 saturated heterocycles. The average Bonchev–Trinajstić information content (AvgIpc) is 3.12. The van der Waals surface area contributed by atoms with Crippen LogP contribution in [0.1, 0.15) is 0 Å². The van der Waals surface area contributed by atoms with Gasteiger partial charge in [-0.2, -0.15) is 0 Å². The van der Waals surface area contributed by atoms with Crippen molar-refractivity contribution >= 4 is 21.8 Å². The molecule has 0 spiro atoms. The van der Waals surface area contributed by atoms with Crippen LogP contribution < -0.4 is 0 Å². The first-order valence-corrected chi connectivity index (χ1v) is 8.48. The first-order valence-electron chi connectivity index (χ1n) is 8.48. The fourth-order valence-corrected chi connectivity index (χ4v) is 3.42. The second-order valence-corrected chi connectivity index (χ2v) is 6.24. The van der Waals surface area contributed by atoms with E-state index in [1.165, 1.54) is 12.1 Å². The van der Waals surface area contributed by atoms with Crippen molar-refractivity contribution in [2.24, 2.45) is 0 Å². The molecule has 5 heteroatoms. The fourth-order valence-electron chi connectivity index (χ4n) is 3.42. The maximum atomic E-state index is 15.7. The lowest BCUT2D eigenvalue weighted by Gasteiger charge is -2.14. The summed E-state index contributed by atoms with van der Waals surface area (Å²) < 4.78 is 31.8. The van der Waals surface area contributed by atoms with Crippen LogP contribution in [0, 0.1) is 11.6 Å². The summed E-state index contributed by atoms with van der Waals surface area (Å²) in [7, 11) is 0. The fraction of sp³-hybridized carbons (Fsp3) is 0. The largest absolute Gasteiger partial charge is 0.313 e. The van der Waals surface area contributed by atoms with Gasteiger partial charge in [0.1, 0.15) is 11.5 Å². The van der Waals surface area contributed by atoms with E-state index >= 15 is 4.39 Å². The van der Waals surface area contributed by atoms with Crippen molar-refractivity contribution in [2.75, 3.05) is 0 Å². The van der Waals surface area contributed by atoms with Crippen LogP contribution in [0.3, 0.4) is 0 Å². The van der Waals surface area contributed by atoms with Gasteiger partial charge >= 0.3 is 0 Å². The molecule has 0 saturated carbocycles. The smallest absolute Gasteiger partial charge is 0.174 e. The van der Waals surface area contributed by atoms with Crippen molar-refractivity contribution in [2.45, 2.75) is 0 Å². The summed E-state index contributed by atoms with van der Waals surface area (Å²) in [5.74, 6) is -1.07. The van der Waals surface area contributed by atoms with Crippen LogP contribution >= 0.6 is 0 Å². The Labute approximate surface area is 153 Å². The third-order valence-corrected chi connectivity index (χ3v) is 4.67. The lowest BCUT2D eigenvalue weighted by atomic mass is 10.1. The van der Waals surface area contributed by atoms with Crippen LogP contribution in [0.15, 0.2) is 79.3 Å². The predicted molar refractivity (Wildman–Crippen MR) is 102 cm³/mol. The van der Waals surface area contributed by atoms with Crippen molar-refractivity contribution in [3.63, 3.8) is 0 Å². The van der Waals surface area contributed by atoms with Gasteiger partial charge < -0.3 is 4.57 Å². The number of benzene rings is 2. The van der Waals surface area contributed by atoms with Crippen LogP contribution in [0.5, 0.6) is 0 Å². The number of rotatable bonds is 2. The number of halogens is 2. The zero-order chi connectivity index (χ0) is 18.4. The predicted octanol–water partition coefficient (Wildman–Crippen LogP) is 5.52. The third kappa shape index (κ3) is 2.39. The minimum Gasteiger partial charge on any atom is -0.313 e. The van der Waals surface area contributed by atoms with Crippen LogP contribution in [0.25, 0.3) is 38.8 Å². The van der Waals surface area contributed by atoms with Crippen molar-refractivity contribution < 1.29 is 8.78 Å². The number of hydrogen-bond donors (Lipinski definition) is 0. The quantitative estimate of drug-likeness (QED) is 0.416. The van der Waals surface area contributed by atoms with Crippen LogP contribution in [0.2, 0.25) is 0 Å². The maximum absolute atomic E-state index is 15.7. The molecular formula is C22H13F2N3. The molecule has 0 unspecified atom stereocenters. The zero-order valence-electron chi connectivity index (χ0n) is 14.1.